The van der Waals surface area contributed by atoms with Crippen molar-refractivity contribution < 1.29 is 23.1 Å². The Morgan fingerprint density at radius 2 is 1.92 bits per heavy atom. The van der Waals surface area contributed by atoms with Gasteiger partial charge in [0.05, 0.1) is 6.10 Å². The number of rotatable bonds is 6. The summed E-state index contributed by atoms with van der Waals surface area (Å²) >= 11 is 0. The molecule has 128 valence electrons. The van der Waals surface area contributed by atoms with E-state index in [-0.39, 0.29) is 6.42 Å². The molecule has 1 amide bonds. The Balaban J connectivity index is 1.97. The summed E-state index contributed by atoms with van der Waals surface area (Å²) in [7, 11) is 0. The lowest BCUT2D eigenvalue weighted by Gasteiger charge is -2.21. The molecule has 4 nitrogen and oxygen atoms in total. The molecule has 2 atom stereocenters. The normalized spacial score (nSPS) is 14.0. The van der Waals surface area contributed by atoms with Crippen molar-refractivity contribution in [3.05, 3.63) is 65.7 Å². The van der Waals surface area contributed by atoms with Gasteiger partial charge >= 0.3 is 5.92 Å². The lowest BCUT2D eigenvalue weighted by atomic mass is 10.0. The molecule has 0 saturated heterocycles. The Morgan fingerprint density at radius 1 is 1.25 bits per heavy atom. The van der Waals surface area contributed by atoms with Crippen LogP contribution >= 0.6 is 0 Å². The van der Waals surface area contributed by atoms with Gasteiger partial charge in [0.25, 0.3) is 5.91 Å². The first-order valence-electron chi connectivity index (χ1n) is 7.34. The van der Waals surface area contributed by atoms with Gasteiger partial charge in [-0.2, -0.15) is 8.78 Å². The molecular weight excluding hydrogens is 321 g/mol. The summed E-state index contributed by atoms with van der Waals surface area (Å²) in [5, 5.41) is 12.2. The fraction of sp³-hybridized carbons (Fsp3) is 0.294. The Morgan fingerprint density at radius 3 is 2.50 bits per heavy atom. The van der Waals surface area contributed by atoms with Crippen molar-refractivity contribution in [3.8, 4) is 0 Å². The molecule has 0 bridgehead atoms. The summed E-state index contributed by atoms with van der Waals surface area (Å²) in [5.74, 6) is -5.70. The van der Waals surface area contributed by atoms with E-state index in [9.17, 15) is 23.1 Å². The summed E-state index contributed by atoms with van der Waals surface area (Å²) in [6.45, 7) is 1.50. The zero-order chi connectivity index (χ0) is 17.7. The molecule has 1 aromatic heterocycles. The number of hydrogen-bond donors (Lipinski definition) is 2. The molecule has 0 saturated carbocycles. The van der Waals surface area contributed by atoms with Gasteiger partial charge in [0.2, 0.25) is 0 Å². The number of nitrogens with one attached hydrogen (secondary N) is 1. The average molecular weight is 338 g/mol. The first kappa shape index (κ1) is 17.9. The number of alkyl halides is 2. The minimum atomic E-state index is -3.77. The predicted octanol–water partition coefficient (Wildman–Crippen LogP) is 2.94. The van der Waals surface area contributed by atoms with Crippen molar-refractivity contribution in [1.29, 1.82) is 0 Å². The third-order valence-corrected chi connectivity index (χ3v) is 3.48. The largest absolute Gasteiger partial charge is 0.388 e. The number of aliphatic hydroxyl groups is 1. The van der Waals surface area contributed by atoms with E-state index in [0.29, 0.717) is 5.56 Å². The van der Waals surface area contributed by atoms with Crippen LogP contribution in [0.1, 0.15) is 30.7 Å². The molecule has 0 spiro atoms. The number of aromatic nitrogens is 1. The quantitative estimate of drug-likeness (QED) is 0.851. The third-order valence-electron chi connectivity index (χ3n) is 3.48. The topological polar surface area (TPSA) is 62.2 Å². The number of carbonyl (C=O) groups is 1. The van der Waals surface area contributed by atoms with Gasteiger partial charge in [-0.25, -0.2) is 4.39 Å². The van der Waals surface area contributed by atoms with Crippen LogP contribution in [-0.4, -0.2) is 22.0 Å². The maximum atomic E-state index is 14.0. The van der Waals surface area contributed by atoms with Crippen LogP contribution in [0.5, 0.6) is 0 Å². The first-order valence-corrected chi connectivity index (χ1v) is 7.34. The highest BCUT2D eigenvalue weighted by atomic mass is 19.3. The second-order valence-corrected chi connectivity index (χ2v) is 5.47. The minimum absolute atomic E-state index is 0.00959. The fourth-order valence-electron chi connectivity index (χ4n) is 2.19. The molecule has 2 aromatic rings. The molecule has 7 heteroatoms. The van der Waals surface area contributed by atoms with Crippen molar-refractivity contribution in [1.82, 2.24) is 10.3 Å². The standard InChI is InChI=1S/C17H17F3N2O2/c1-11(10-14(23)12-5-7-13(18)8-6-12)22-16(24)17(19,20)15-4-2-3-9-21-15/h2-9,11,14,23H,10H2,1H3,(H,22,24). The number of benzene rings is 1. The number of hydrogen-bond acceptors (Lipinski definition) is 3. The average Bonchev–Trinajstić information content (AvgIpc) is 2.56. The second kappa shape index (κ2) is 7.44. The van der Waals surface area contributed by atoms with Crippen LogP contribution in [-0.2, 0) is 10.7 Å². The van der Waals surface area contributed by atoms with Gasteiger partial charge in [0.15, 0.2) is 0 Å². The number of amides is 1. The molecule has 1 heterocycles. The summed E-state index contributed by atoms with van der Waals surface area (Å²) in [6.07, 6.45) is 0.179. The van der Waals surface area contributed by atoms with Crippen LogP contribution in [0.15, 0.2) is 48.7 Å². The highest BCUT2D eigenvalue weighted by Gasteiger charge is 2.42. The van der Waals surface area contributed by atoms with Gasteiger partial charge in [-0.1, -0.05) is 18.2 Å². The molecule has 0 aliphatic rings. The van der Waals surface area contributed by atoms with E-state index in [2.05, 4.69) is 10.3 Å². The zero-order valence-corrected chi connectivity index (χ0v) is 12.9. The molecule has 0 aliphatic heterocycles. The van der Waals surface area contributed by atoms with Crippen molar-refractivity contribution in [2.24, 2.45) is 0 Å². The van der Waals surface area contributed by atoms with E-state index in [1.54, 1.807) is 0 Å². The van der Waals surface area contributed by atoms with E-state index in [1.807, 2.05) is 0 Å². The van der Waals surface area contributed by atoms with Gasteiger partial charge in [0.1, 0.15) is 11.5 Å². The smallest absolute Gasteiger partial charge is 0.366 e. The molecule has 1 aromatic carbocycles. The summed E-state index contributed by atoms with van der Waals surface area (Å²) < 4.78 is 40.9. The lowest BCUT2D eigenvalue weighted by Crippen LogP contribution is -2.43. The summed E-state index contributed by atoms with van der Waals surface area (Å²) in [6, 6.07) is 8.37. The monoisotopic (exact) mass is 338 g/mol. The Bertz CT molecular complexity index is 678. The molecule has 2 unspecified atom stereocenters. The highest BCUT2D eigenvalue weighted by Crippen LogP contribution is 2.27. The minimum Gasteiger partial charge on any atom is -0.388 e. The Hall–Kier alpha value is -2.41. The van der Waals surface area contributed by atoms with Crippen LogP contribution in [0, 0.1) is 5.82 Å². The van der Waals surface area contributed by atoms with E-state index < -0.39 is 35.5 Å². The maximum absolute atomic E-state index is 14.0. The number of pyridine rings is 1. The van der Waals surface area contributed by atoms with Crippen molar-refractivity contribution in [2.45, 2.75) is 31.4 Å². The Labute approximate surface area is 137 Å². The number of halogens is 3. The molecule has 2 N–H and O–H groups in total. The summed E-state index contributed by atoms with van der Waals surface area (Å²) in [4.78, 5) is 15.3. The highest BCUT2D eigenvalue weighted by molar-refractivity contribution is 5.84. The van der Waals surface area contributed by atoms with E-state index >= 15 is 0 Å². The van der Waals surface area contributed by atoms with Crippen molar-refractivity contribution in [2.75, 3.05) is 0 Å². The van der Waals surface area contributed by atoms with Gasteiger partial charge < -0.3 is 10.4 Å². The Kier molecular flexibility index (Phi) is 5.56. The molecule has 24 heavy (non-hydrogen) atoms. The third kappa shape index (κ3) is 4.32. The molecule has 2 rings (SSSR count). The second-order valence-electron chi connectivity index (χ2n) is 5.47. The van der Waals surface area contributed by atoms with Crippen LogP contribution in [0.3, 0.4) is 0 Å². The van der Waals surface area contributed by atoms with E-state index in [1.165, 1.54) is 49.5 Å². The predicted molar refractivity (Wildman–Crippen MR) is 81.7 cm³/mol. The summed E-state index contributed by atoms with van der Waals surface area (Å²) in [5.41, 5.74) is -0.206. The van der Waals surface area contributed by atoms with Crippen molar-refractivity contribution >= 4 is 5.91 Å². The van der Waals surface area contributed by atoms with E-state index in [4.69, 9.17) is 0 Å². The van der Waals surface area contributed by atoms with Crippen LogP contribution < -0.4 is 5.32 Å². The molecular formula is C17H17F3N2O2. The van der Waals surface area contributed by atoms with Crippen molar-refractivity contribution in [3.63, 3.8) is 0 Å². The zero-order valence-electron chi connectivity index (χ0n) is 12.9. The van der Waals surface area contributed by atoms with Gasteiger partial charge in [-0.15, -0.1) is 0 Å². The maximum Gasteiger partial charge on any atom is 0.366 e. The number of carbonyl (C=O) groups excluding carboxylic acids is 1. The van der Waals surface area contributed by atoms with Crippen LogP contribution in [0.2, 0.25) is 0 Å². The number of nitrogens with zero attached hydrogens (tertiary/aromatic N) is 1. The first-order chi connectivity index (χ1) is 11.3. The molecule has 0 aliphatic carbocycles. The van der Waals surface area contributed by atoms with Gasteiger partial charge in [-0.05, 0) is 43.2 Å². The van der Waals surface area contributed by atoms with Gasteiger partial charge in [0, 0.05) is 12.2 Å². The fourth-order valence-corrected chi connectivity index (χ4v) is 2.19. The van der Waals surface area contributed by atoms with Crippen LogP contribution in [0.4, 0.5) is 13.2 Å². The van der Waals surface area contributed by atoms with Crippen LogP contribution in [0.25, 0.3) is 0 Å². The SMILES string of the molecule is CC(CC(O)c1ccc(F)cc1)NC(=O)C(F)(F)c1ccccn1. The molecule has 0 radical (unpaired) electrons. The van der Waals surface area contributed by atoms with Gasteiger partial charge in [-0.3, -0.25) is 9.78 Å². The molecule has 0 fully saturated rings. The lowest BCUT2D eigenvalue weighted by molar-refractivity contribution is -0.148. The number of aliphatic hydroxyl groups excluding tert-OH is 1. The van der Waals surface area contributed by atoms with E-state index in [0.717, 1.165) is 6.07 Å².